The number of rotatable bonds is 6. The summed E-state index contributed by atoms with van der Waals surface area (Å²) in [6.07, 6.45) is 10.3. The second-order valence-corrected chi connectivity index (χ2v) is 10.9. The molecule has 0 spiro atoms. The molecule has 3 N–H and O–H groups in total. The number of fused-ring (bicyclic) bond motifs is 1. The monoisotopic (exact) mass is 375 g/mol. The van der Waals surface area contributed by atoms with Crippen molar-refractivity contribution >= 4 is 0 Å². The molecule has 4 aliphatic carbocycles. The summed E-state index contributed by atoms with van der Waals surface area (Å²) in [5.74, 6) is 3.22. The SMILES string of the molecule is C=C1CCC2[C@@H](CNCC3CC3)C([C@@]3(C)CC[C@H](O)C[C@@H]3CO)CC[C@@]12C. The molecule has 0 radical (unpaired) electrons. The van der Waals surface area contributed by atoms with Crippen LogP contribution in [-0.4, -0.2) is 36.0 Å². The Morgan fingerprint density at radius 1 is 1.04 bits per heavy atom. The highest BCUT2D eigenvalue weighted by molar-refractivity contribution is 5.21. The van der Waals surface area contributed by atoms with Gasteiger partial charge in [-0.25, -0.2) is 0 Å². The van der Waals surface area contributed by atoms with E-state index >= 15 is 0 Å². The van der Waals surface area contributed by atoms with Crippen LogP contribution in [0.4, 0.5) is 0 Å². The highest BCUT2D eigenvalue weighted by Gasteiger charge is 2.56. The molecule has 0 aromatic heterocycles. The van der Waals surface area contributed by atoms with Crippen LogP contribution >= 0.6 is 0 Å². The molecule has 0 aromatic carbocycles. The third kappa shape index (κ3) is 3.53. The minimum absolute atomic E-state index is 0.158. The maximum Gasteiger partial charge on any atom is 0.0544 e. The first-order valence-electron chi connectivity index (χ1n) is 11.6. The number of allylic oxidation sites excluding steroid dienone is 1. The van der Waals surface area contributed by atoms with E-state index in [1.54, 1.807) is 0 Å². The fourth-order valence-electron chi connectivity index (χ4n) is 7.24. The summed E-state index contributed by atoms with van der Waals surface area (Å²) >= 11 is 0. The fourth-order valence-corrected chi connectivity index (χ4v) is 7.24. The zero-order valence-corrected chi connectivity index (χ0v) is 17.6. The van der Waals surface area contributed by atoms with Gasteiger partial charge >= 0.3 is 0 Å². The normalized spacial score (nSPS) is 47.9. The Labute approximate surface area is 166 Å². The molecular weight excluding hydrogens is 334 g/mol. The first kappa shape index (κ1) is 19.9. The predicted molar refractivity (Wildman–Crippen MR) is 110 cm³/mol. The maximum absolute atomic E-state index is 10.2. The first-order valence-corrected chi connectivity index (χ1v) is 11.6. The highest BCUT2D eigenvalue weighted by Crippen LogP contribution is 2.63. The highest BCUT2D eigenvalue weighted by atomic mass is 16.3. The zero-order valence-electron chi connectivity index (χ0n) is 17.6. The molecule has 3 heteroatoms. The Morgan fingerprint density at radius 2 is 1.81 bits per heavy atom. The van der Waals surface area contributed by atoms with Crippen LogP contribution in [0.2, 0.25) is 0 Å². The van der Waals surface area contributed by atoms with Crippen molar-refractivity contribution in [2.45, 2.75) is 77.7 Å². The molecule has 154 valence electrons. The van der Waals surface area contributed by atoms with Crippen LogP contribution < -0.4 is 5.32 Å². The summed E-state index contributed by atoms with van der Waals surface area (Å²) in [5, 5.41) is 24.2. The van der Waals surface area contributed by atoms with Crippen molar-refractivity contribution in [3.8, 4) is 0 Å². The molecule has 7 atom stereocenters. The molecule has 27 heavy (non-hydrogen) atoms. The number of aliphatic hydroxyl groups is 2. The molecule has 0 aromatic rings. The third-order valence-corrected chi connectivity index (χ3v) is 9.47. The molecule has 0 aliphatic heterocycles. The van der Waals surface area contributed by atoms with Gasteiger partial charge in [-0.15, -0.1) is 0 Å². The second kappa shape index (κ2) is 7.46. The average molecular weight is 376 g/mol. The summed E-state index contributed by atoms with van der Waals surface area (Å²) in [7, 11) is 0. The lowest BCUT2D eigenvalue weighted by Gasteiger charge is -2.56. The molecule has 0 saturated heterocycles. The Kier molecular flexibility index (Phi) is 5.50. The lowest BCUT2D eigenvalue weighted by molar-refractivity contribution is -0.0933. The summed E-state index contributed by atoms with van der Waals surface area (Å²) in [6.45, 7) is 11.9. The minimum atomic E-state index is -0.221. The van der Waals surface area contributed by atoms with Gasteiger partial charge in [0, 0.05) is 6.61 Å². The molecule has 4 aliphatic rings. The molecule has 0 bridgehead atoms. The Hall–Kier alpha value is -0.380. The molecular formula is C24H41NO2. The quantitative estimate of drug-likeness (QED) is 0.612. The molecule has 4 saturated carbocycles. The Bertz CT molecular complexity index is 559. The van der Waals surface area contributed by atoms with Gasteiger partial charge in [-0.3, -0.25) is 0 Å². The van der Waals surface area contributed by atoms with E-state index < -0.39 is 0 Å². The minimum Gasteiger partial charge on any atom is -0.396 e. The van der Waals surface area contributed by atoms with Crippen LogP contribution in [0.3, 0.4) is 0 Å². The van der Waals surface area contributed by atoms with Crippen LogP contribution in [0.25, 0.3) is 0 Å². The van der Waals surface area contributed by atoms with Gasteiger partial charge in [0.15, 0.2) is 0 Å². The Balaban J connectivity index is 1.57. The van der Waals surface area contributed by atoms with Crippen molar-refractivity contribution in [2.24, 2.45) is 40.4 Å². The third-order valence-electron chi connectivity index (χ3n) is 9.47. The lowest BCUT2D eigenvalue weighted by atomic mass is 9.49. The van der Waals surface area contributed by atoms with E-state index in [4.69, 9.17) is 0 Å². The van der Waals surface area contributed by atoms with E-state index in [9.17, 15) is 10.2 Å². The predicted octanol–water partition coefficient (Wildman–Crippen LogP) is 4.14. The van der Waals surface area contributed by atoms with Crippen molar-refractivity contribution in [3.63, 3.8) is 0 Å². The van der Waals surface area contributed by atoms with Crippen molar-refractivity contribution in [1.29, 1.82) is 0 Å². The Morgan fingerprint density at radius 3 is 2.52 bits per heavy atom. The van der Waals surface area contributed by atoms with Crippen LogP contribution in [-0.2, 0) is 0 Å². The van der Waals surface area contributed by atoms with Gasteiger partial charge in [-0.1, -0.05) is 26.0 Å². The van der Waals surface area contributed by atoms with E-state index in [1.165, 1.54) is 50.6 Å². The van der Waals surface area contributed by atoms with Gasteiger partial charge in [0.05, 0.1) is 6.10 Å². The van der Waals surface area contributed by atoms with E-state index in [-0.39, 0.29) is 24.0 Å². The van der Waals surface area contributed by atoms with Crippen molar-refractivity contribution < 1.29 is 10.2 Å². The van der Waals surface area contributed by atoms with E-state index in [0.717, 1.165) is 37.6 Å². The average Bonchev–Trinajstić information content (AvgIpc) is 3.42. The summed E-state index contributed by atoms with van der Waals surface area (Å²) in [5.41, 5.74) is 1.97. The topological polar surface area (TPSA) is 52.5 Å². The van der Waals surface area contributed by atoms with Crippen LogP contribution in [0.15, 0.2) is 12.2 Å². The van der Waals surface area contributed by atoms with Gasteiger partial charge < -0.3 is 15.5 Å². The molecule has 0 heterocycles. The number of hydrogen-bond acceptors (Lipinski definition) is 3. The lowest BCUT2D eigenvalue weighted by Crippen LogP contribution is -2.53. The zero-order chi connectivity index (χ0) is 19.2. The summed E-state index contributed by atoms with van der Waals surface area (Å²) in [4.78, 5) is 0. The van der Waals surface area contributed by atoms with Crippen LogP contribution in [0.5, 0.6) is 0 Å². The number of hydrogen-bond donors (Lipinski definition) is 3. The van der Waals surface area contributed by atoms with E-state index in [2.05, 4.69) is 25.7 Å². The van der Waals surface area contributed by atoms with Gasteiger partial charge in [0.1, 0.15) is 0 Å². The second-order valence-electron chi connectivity index (χ2n) is 10.9. The van der Waals surface area contributed by atoms with Gasteiger partial charge in [0.2, 0.25) is 0 Å². The van der Waals surface area contributed by atoms with E-state index in [0.29, 0.717) is 17.3 Å². The molecule has 2 unspecified atom stereocenters. The first-order chi connectivity index (χ1) is 12.9. The van der Waals surface area contributed by atoms with Crippen molar-refractivity contribution in [1.82, 2.24) is 5.32 Å². The van der Waals surface area contributed by atoms with Gasteiger partial charge in [-0.05, 0) is 111 Å². The largest absolute Gasteiger partial charge is 0.396 e. The molecule has 3 nitrogen and oxygen atoms in total. The molecule has 0 amide bonds. The number of aliphatic hydroxyl groups excluding tert-OH is 2. The fraction of sp³-hybridized carbons (Fsp3) is 0.917. The van der Waals surface area contributed by atoms with Gasteiger partial charge in [-0.2, -0.15) is 0 Å². The van der Waals surface area contributed by atoms with Gasteiger partial charge in [0.25, 0.3) is 0 Å². The molecule has 4 rings (SSSR count). The van der Waals surface area contributed by atoms with Crippen LogP contribution in [0.1, 0.15) is 71.6 Å². The smallest absolute Gasteiger partial charge is 0.0544 e. The summed E-state index contributed by atoms with van der Waals surface area (Å²) < 4.78 is 0. The maximum atomic E-state index is 10.2. The summed E-state index contributed by atoms with van der Waals surface area (Å²) in [6, 6.07) is 0. The molecule has 4 fully saturated rings. The van der Waals surface area contributed by atoms with Crippen molar-refractivity contribution in [3.05, 3.63) is 12.2 Å². The van der Waals surface area contributed by atoms with Crippen LogP contribution in [0, 0.1) is 40.4 Å². The standard InChI is InChI=1S/C24H41NO2/c1-16-4-7-21-20(14-25-13-17-5-6-17)22(9-11-23(16,21)2)24(3)10-8-19(27)12-18(24)15-26/h17-22,25-27H,1,4-15H2,2-3H3/t18-,19+,20-,21?,22?,23+,24+/m1/s1. The van der Waals surface area contributed by atoms with E-state index in [1.807, 2.05) is 0 Å². The van der Waals surface area contributed by atoms with Crippen molar-refractivity contribution in [2.75, 3.05) is 19.7 Å². The number of nitrogens with one attached hydrogen (secondary N) is 1.